The predicted molar refractivity (Wildman–Crippen MR) is 57.7 cm³/mol. The Kier molecular flexibility index (Phi) is 1.88. The van der Waals surface area contributed by atoms with Gasteiger partial charge in [-0.15, -0.1) is 0 Å². The highest BCUT2D eigenvalue weighted by atomic mass is 79.9. The van der Waals surface area contributed by atoms with Gasteiger partial charge in [-0.2, -0.15) is 0 Å². The first kappa shape index (κ1) is 8.38. The molecule has 66 valence electrons. The van der Waals surface area contributed by atoms with E-state index in [0.29, 0.717) is 5.69 Å². The van der Waals surface area contributed by atoms with Crippen molar-refractivity contribution < 1.29 is 5.11 Å². The number of hydrogen-bond acceptors (Lipinski definition) is 2. The van der Waals surface area contributed by atoms with Crippen LogP contribution in [-0.2, 0) is 0 Å². The van der Waals surface area contributed by atoms with Crippen LogP contribution in [0.5, 0.6) is 5.75 Å². The van der Waals surface area contributed by atoms with Crippen molar-refractivity contribution in [3.05, 3.63) is 34.8 Å². The van der Waals surface area contributed by atoms with Crippen molar-refractivity contribution in [3.63, 3.8) is 0 Å². The average Bonchev–Trinajstić information content (AvgIpc) is 2.07. The second-order valence-electron chi connectivity index (χ2n) is 2.87. The topological polar surface area (TPSA) is 46.2 Å². The van der Waals surface area contributed by atoms with Crippen LogP contribution in [0.15, 0.2) is 34.8 Å². The Hall–Kier alpha value is -1.22. The van der Waals surface area contributed by atoms with E-state index in [9.17, 15) is 5.11 Å². The smallest absolute Gasteiger partial charge is 0.125 e. The van der Waals surface area contributed by atoms with E-state index in [1.807, 2.05) is 24.3 Å². The first-order valence-corrected chi connectivity index (χ1v) is 4.64. The van der Waals surface area contributed by atoms with Gasteiger partial charge in [0.1, 0.15) is 5.75 Å². The highest BCUT2D eigenvalue weighted by Gasteiger charge is 2.03. The van der Waals surface area contributed by atoms with E-state index in [-0.39, 0.29) is 5.75 Å². The molecule has 13 heavy (non-hydrogen) atoms. The fourth-order valence-corrected chi connectivity index (χ4v) is 1.83. The van der Waals surface area contributed by atoms with Gasteiger partial charge in [0.15, 0.2) is 0 Å². The van der Waals surface area contributed by atoms with Crippen LogP contribution in [0.3, 0.4) is 0 Å². The molecule has 2 aromatic rings. The predicted octanol–water partition coefficient (Wildman–Crippen LogP) is 2.89. The molecule has 0 unspecified atom stereocenters. The monoisotopic (exact) mass is 237 g/mol. The normalized spacial score (nSPS) is 10.5. The molecule has 0 aliphatic carbocycles. The average molecular weight is 238 g/mol. The molecule has 0 heterocycles. The zero-order valence-electron chi connectivity index (χ0n) is 6.79. The Bertz CT molecular complexity index is 468. The highest BCUT2D eigenvalue weighted by Crippen LogP contribution is 2.32. The molecular formula is C10H8BrNO. The number of hydrogen-bond donors (Lipinski definition) is 2. The minimum atomic E-state index is 0.219. The number of benzene rings is 2. The maximum absolute atomic E-state index is 9.58. The molecule has 0 bridgehead atoms. The Morgan fingerprint density at radius 2 is 1.92 bits per heavy atom. The van der Waals surface area contributed by atoms with Crippen LogP contribution in [0.2, 0.25) is 0 Å². The lowest BCUT2D eigenvalue weighted by Crippen LogP contribution is -1.85. The molecule has 0 aliphatic rings. The number of fused-ring (bicyclic) bond motifs is 1. The lowest BCUT2D eigenvalue weighted by molar-refractivity contribution is 0.482. The van der Waals surface area contributed by atoms with Crippen LogP contribution in [-0.4, -0.2) is 5.11 Å². The number of nitrogens with two attached hydrogens (primary N) is 1. The minimum absolute atomic E-state index is 0.219. The number of halogens is 1. The van der Waals surface area contributed by atoms with Gasteiger partial charge in [0.25, 0.3) is 0 Å². The maximum atomic E-state index is 9.58. The third-order valence-corrected chi connectivity index (χ3v) is 2.63. The van der Waals surface area contributed by atoms with Gasteiger partial charge in [-0.25, -0.2) is 0 Å². The lowest BCUT2D eigenvalue weighted by atomic mass is 10.1. The summed E-state index contributed by atoms with van der Waals surface area (Å²) in [5.74, 6) is 0.219. The van der Waals surface area contributed by atoms with E-state index in [4.69, 9.17) is 5.73 Å². The third kappa shape index (κ3) is 1.35. The molecule has 2 rings (SSSR count). The summed E-state index contributed by atoms with van der Waals surface area (Å²) in [5.41, 5.74) is 6.18. The first-order valence-electron chi connectivity index (χ1n) is 3.85. The second kappa shape index (κ2) is 2.92. The summed E-state index contributed by atoms with van der Waals surface area (Å²) in [6, 6.07) is 9.03. The summed E-state index contributed by atoms with van der Waals surface area (Å²) in [7, 11) is 0. The van der Waals surface area contributed by atoms with Crippen molar-refractivity contribution in [1.29, 1.82) is 0 Å². The Morgan fingerprint density at radius 3 is 2.69 bits per heavy atom. The largest absolute Gasteiger partial charge is 0.507 e. The molecular weight excluding hydrogens is 230 g/mol. The molecule has 0 amide bonds. The zero-order valence-corrected chi connectivity index (χ0v) is 8.38. The van der Waals surface area contributed by atoms with Crippen LogP contribution in [0.25, 0.3) is 10.8 Å². The summed E-state index contributed by atoms with van der Waals surface area (Å²) in [6.45, 7) is 0. The van der Waals surface area contributed by atoms with Gasteiger partial charge >= 0.3 is 0 Å². The highest BCUT2D eigenvalue weighted by molar-refractivity contribution is 9.10. The van der Waals surface area contributed by atoms with E-state index < -0.39 is 0 Å². The number of phenolic OH excluding ortho intramolecular Hbond substituents is 1. The van der Waals surface area contributed by atoms with Crippen molar-refractivity contribution >= 4 is 32.4 Å². The Morgan fingerprint density at radius 1 is 1.15 bits per heavy atom. The maximum Gasteiger partial charge on any atom is 0.125 e. The SMILES string of the molecule is Nc1cc(O)c2cccc(Br)c2c1. The molecule has 3 heteroatoms. The molecule has 2 nitrogen and oxygen atoms in total. The summed E-state index contributed by atoms with van der Waals surface area (Å²) >= 11 is 3.40. The molecule has 0 fully saturated rings. The molecule has 0 aromatic heterocycles. The molecule has 3 N–H and O–H groups in total. The lowest BCUT2D eigenvalue weighted by Gasteiger charge is -2.04. The van der Waals surface area contributed by atoms with Gasteiger partial charge in [-0.3, -0.25) is 0 Å². The molecule has 0 saturated heterocycles. The summed E-state index contributed by atoms with van der Waals surface area (Å²) in [5, 5.41) is 11.3. The summed E-state index contributed by atoms with van der Waals surface area (Å²) in [4.78, 5) is 0. The van der Waals surface area contributed by atoms with E-state index >= 15 is 0 Å². The van der Waals surface area contributed by atoms with Gasteiger partial charge in [-0.1, -0.05) is 28.1 Å². The fraction of sp³-hybridized carbons (Fsp3) is 0. The quantitative estimate of drug-likeness (QED) is 0.693. The molecule has 0 atom stereocenters. The number of aromatic hydroxyl groups is 1. The molecule has 0 spiro atoms. The number of phenols is 1. The van der Waals surface area contributed by atoms with Crippen LogP contribution in [0.1, 0.15) is 0 Å². The second-order valence-corrected chi connectivity index (χ2v) is 3.73. The zero-order chi connectivity index (χ0) is 9.42. The first-order chi connectivity index (χ1) is 6.18. The third-order valence-electron chi connectivity index (χ3n) is 1.94. The van der Waals surface area contributed by atoms with Gasteiger partial charge < -0.3 is 10.8 Å². The van der Waals surface area contributed by atoms with E-state index in [2.05, 4.69) is 15.9 Å². The van der Waals surface area contributed by atoms with Crippen LogP contribution < -0.4 is 5.73 Å². The Labute approximate surface area is 84.1 Å². The van der Waals surface area contributed by atoms with Crippen LogP contribution in [0.4, 0.5) is 5.69 Å². The van der Waals surface area contributed by atoms with Crippen molar-refractivity contribution in [2.45, 2.75) is 0 Å². The molecule has 0 saturated carbocycles. The van der Waals surface area contributed by atoms with Gasteiger partial charge in [-0.05, 0) is 12.1 Å². The van der Waals surface area contributed by atoms with Gasteiger partial charge in [0.2, 0.25) is 0 Å². The van der Waals surface area contributed by atoms with Crippen molar-refractivity contribution in [2.24, 2.45) is 0 Å². The summed E-state index contributed by atoms with van der Waals surface area (Å²) < 4.78 is 0.938. The van der Waals surface area contributed by atoms with Gasteiger partial charge in [0, 0.05) is 27.0 Å². The van der Waals surface area contributed by atoms with Crippen molar-refractivity contribution in [2.75, 3.05) is 5.73 Å². The van der Waals surface area contributed by atoms with Crippen molar-refractivity contribution in [1.82, 2.24) is 0 Å². The number of rotatable bonds is 0. The van der Waals surface area contributed by atoms with Gasteiger partial charge in [0.05, 0.1) is 0 Å². The fourth-order valence-electron chi connectivity index (χ4n) is 1.35. The van der Waals surface area contributed by atoms with Crippen molar-refractivity contribution in [3.8, 4) is 5.75 Å². The minimum Gasteiger partial charge on any atom is -0.507 e. The van der Waals surface area contributed by atoms with E-state index in [1.165, 1.54) is 0 Å². The van der Waals surface area contributed by atoms with Crippen LogP contribution in [0, 0.1) is 0 Å². The molecule has 0 radical (unpaired) electrons. The molecule has 2 aromatic carbocycles. The van der Waals surface area contributed by atoms with Crippen LogP contribution >= 0.6 is 15.9 Å². The summed E-state index contributed by atoms with van der Waals surface area (Å²) in [6.07, 6.45) is 0. The Balaban J connectivity index is 2.94. The standard InChI is InChI=1S/C10H8BrNO/c11-9-3-1-2-7-8(9)4-6(12)5-10(7)13/h1-5,13H,12H2. The van der Waals surface area contributed by atoms with E-state index in [1.54, 1.807) is 6.07 Å². The number of anilines is 1. The van der Waals surface area contributed by atoms with E-state index in [0.717, 1.165) is 15.2 Å². The number of nitrogen functional groups attached to an aromatic ring is 1. The molecule has 0 aliphatic heterocycles.